The molecule has 0 aliphatic rings. The first kappa shape index (κ1) is 21.7. The van der Waals surface area contributed by atoms with Gasteiger partial charge in [-0.05, 0) is 25.5 Å². The molecule has 3 rings (SSSR count). The van der Waals surface area contributed by atoms with Gasteiger partial charge in [-0.25, -0.2) is 4.98 Å². The Kier molecular flexibility index (Phi) is 7.35. The number of hydrogen-bond acceptors (Lipinski definition) is 7. The number of thioether (sulfide) groups is 1. The lowest BCUT2D eigenvalue weighted by Gasteiger charge is -2.14. The van der Waals surface area contributed by atoms with Crippen LogP contribution in [-0.2, 0) is 18.8 Å². The third kappa shape index (κ3) is 5.13. The van der Waals surface area contributed by atoms with E-state index in [1.165, 1.54) is 17.3 Å². The molecule has 8 heteroatoms. The number of hydrogen-bond donors (Lipinski definition) is 1. The zero-order valence-corrected chi connectivity index (χ0v) is 18.5. The van der Waals surface area contributed by atoms with Crippen LogP contribution in [0.15, 0.2) is 52.3 Å². The summed E-state index contributed by atoms with van der Waals surface area (Å²) < 4.78 is 12.1. The molecule has 0 spiro atoms. The van der Waals surface area contributed by atoms with E-state index < -0.39 is 0 Å². The molecule has 0 aliphatic carbocycles. The van der Waals surface area contributed by atoms with E-state index in [0.717, 1.165) is 11.1 Å². The first-order valence-electron chi connectivity index (χ1n) is 9.65. The smallest absolute Gasteiger partial charge is 0.268 e. The molecule has 0 atom stereocenters. The minimum atomic E-state index is -0.0654. The Morgan fingerprint density at radius 3 is 2.53 bits per heavy atom. The molecule has 0 unspecified atom stereocenters. The van der Waals surface area contributed by atoms with Crippen molar-refractivity contribution in [2.24, 2.45) is 0 Å². The predicted octanol–water partition coefficient (Wildman–Crippen LogP) is 3.89. The Labute approximate surface area is 180 Å². The predicted molar refractivity (Wildman–Crippen MR) is 120 cm³/mol. The molecule has 158 valence electrons. The molecule has 0 saturated heterocycles. The van der Waals surface area contributed by atoms with Crippen LogP contribution in [0.5, 0.6) is 11.8 Å². The highest BCUT2D eigenvalue weighted by atomic mass is 32.2. The number of benzene rings is 1. The lowest BCUT2D eigenvalue weighted by atomic mass is 10.1. The second-order valence-electron chi connectivity index (χ2n) is 6.65. The van der Waals surface area contributed by atoms with E-state index in [0.29, 0.717) is 41.4 Å². The highest BCUT2D eigenvalue weighted by molar-refractivity contribution is 7.98. The second kappa shape index (κ2) is 10.2. The number of pyridine rings is 1. The SMILES string of the molecule is CCn1c(NCc2ccc(C)cc2)ncc(SCc2ccc(OC)nc2OC)c1=O. The number of aryl methyl sites for hydroxylation is 1. The van der Waals surface area contributed by atoms with Gasteiger partial charge in [0.05, 0.1) is 19.1 Å². The number of ether oxygens (including phenoxy) is 2. The van der Waals surface area contributed by atoms with Gasteiger partial charge in [-0.2, -0.15) is 4.98 Å². The van der Waals surface area contributed by atoms with E-state index in [9.17, 15) is 4.79 Å². The van der Waals surface area contributed by atoms with Crippen molar-refractivity contribution in [3.8, 4) is 11.8 Å². The lowest BCUT2D eigenvalue weighted by molar-refractivity contribution is 0.362. The van der Waals surface area contributed by atoms with Crippen LogP contribution < -0.4 is 20.3 Å². The van der Waals surface area contributed by atoms with Gasteiger partial charge in [0.2, 0.25) is 17.7 Å². The van der Waals surface area contributed by atoms with Crippen LogP contribution in [0, 0.1) is 6.92 Å². The summed E-state index contributed by atoms with van der Waals surface area (Å²) in [5, 5.41) is 3.27. The second-order valence-corrected chi connectivity index (χ2v) is 7.66. The van der Waals surface area contributed by atoms with E-state index in [1.807, 2.05) is 13.0 Å². The monoisotopic (exact) mass is 426 g/mol. The molecule has 2 aromatic heterocycles. The van der Waals surface area contributed by atoms with Gasteiger partial charge in [-0.15, -0.1) is 11.8 Å². The van der Waals surface area contributed by atoms with Crippen molar-refractivity contribution in [3.05, 3.63) is 69.6 Å². The highest BCUT2D eigenvalue weighted by Gasteiger charge is 2.12. The first-order chi connectivity index (χ1) is 14.5. The molecular formula is C22H26N4O3S. The summed E-state index contributed by atoms with van der Waals surface area (Å²) >= 11 is 1.41. The van der Waals surface area contributed by atoms with E-state index in [-0.39, 0.29) is 5.56 Å². The van der Waals surface area contributed by atoms with Crippen molar-refractivity contribution in [2.45, 2.75) is 37.6 Å². The fraction of sp³-hybridized carbons (Fsp3) is 0.318. The fourth-order valence-electron chi connectivity index (χ4n) is 2.90. The first-order valence-corrected chi connectivity index (χ1v) is 10.6. The van der Waals surface area contributed by atoms with E-state index in [2.05, 4.69) is 46.5 Å². The van der Waals surface area contributed by atoms with Gasteiger partial charge < -0.3 is 14.8 Å². The maximum Gasteiger partial charge on any atom is 0.268 e. The third-order valence-corrected chi connectivity index (χ3v) is 5.65. The fourth-order valence-corrected chi connectivity index (χ4v) is 3.79. The van der Waals surface area contributed by atoms with E-state index >= 15 is 0 Å². The van der Waals surface area contributed by atoms with Crippen LogP contribution >= 0.6 is 11.8 Å². The zero-order valence-electron chi connectivity index (χ0n) is 17.6. The van der Waals surface area contributed by atoms with Gasteiger partial charge in [0.1, 0.15) is 0 Å². The lowest BCUT2D eigenvalue weighted by Crippen LogP contribution is -2.25. The Morgan fingerprint density at radius 2 is 1.87 bits per heavy atom. The molecule has 0 radical (unpaired) electrons. The molecule has 30 heavy (non-hydrogen) atoms. The summed E-state index contributed by atoms with van der Waals surface area (Å²) in [5.74, 6) is 2.08. The normalized spacial score (nSPS) is 10.7. The summed E-state index contributed by atoms with van der Waals surface area (Å²) in [6.45, 7) is 5.13. The average Bonchev–Trinajstić information content (AvgIpc) is 2.78. The van der Waals surface area contributed by atoms with E-state index in [4.69, 9.17) is 9.47 Å². The summed E-state index contributed by atoms with van der Waals surface area (Å²) in [5.41, 5.74) is 3.17. The summed E-state index contributed by atoms with van der Waals surface area (Å²) in [6, 6.07) is 11.9. The standard InChI is InChI=1S/C22H26N4O3S/c1-5-26-21(27)18(30-14-17-10-11-19(28-3)25-20(17)29-4)13-24-22(26)23-12-16-8-6-15(2)7-9-16/h6-11,13H,5,12,14H2,1-4H3,(H,23,24). The molecular weight excluding hydrogens is 400 g/mol. The number of nitrogens with zero attached hydrogens (tertiary/aromatic N) is 3. The Balaban J connectivity index is 1.74. The van der Waals surface area contributed by atoms with Crippen molar-refractivity contribution in [2.75, 3.05) is 19.5 Å². The summed E-state index contributed by atoms with van der Waals surface area (Å²) in [6.07, 6.45) is 1.63. The number of anilines is 1. The number of rotatable bonds is 9. The van der Waals surface area contributed by atoms with Crippen LogP contribution in [0.25, 0.3) is 0 Å². The number of methoxy groups -OCH3 is 2. The van der Waals surface area contributed by atoms with Crippen molar-refractivity contribution in [1.29, 1.82) is 0 Å². The third-order valence-electron chi connectivity index (χ3n) is 4.60. The average molecular weight is 427 g/mol. The largest absolute Gasteiger partial charge is 0.481 e. The van der Waals surface area contributed by atoms with Gasteiger partial charge in [0.15, 0.2) is 0 Å². The van der Waals surface area contributed by atoms with Crippen LogP contribution in [0.2, 0.25) is 0 Å². The summed E-state index contributed by atoms with van der Waals surface area (Å²) in [4.78, 5) is 22.3. The van der Waals surface area contributed by atoms with Crippen molar-refractivity contribution >= 4 is 17.7 Å². The van der Waals surface area contributed by atoms with Crippen molar-refractivity contribution in [1.82, 2.24) is 14.5 Å². The number of aromatic nitrogens is 3. The van der Waals surface area contributed by atoms with Crippen LogP contribution in [0.4, 0.5) is 5.95 Å². The maximum atomic E-state index is 12.9. The quantitative estimate of drug-likeness (QED) is 0.520. The zero-order chi connectivity index (χ0) is 21.5. The van der Waals surface area contributed by atoms with Gasteiger partial charge in [-0.3, -0.25) is 9.36 Å². The topological polar surface area (TPSA) is 78.3 Å². The minimum Gasteiger partial charge on any atom is -0.481 e. The molecule has 2 heterocycles. The van der Waals surface area contributed by atoms with E-state index in [1.54, 1.807) is 31.0 Å². The molecule has 1 aromatic carbocycles. The molecule has 7 nitrogen and oxygen atoms in total. The molecule has 0 saturated carbocycles. The number of nitrogens with one attached hydrogen (secondary N) is 1. The molecule has 0 bridgehead atoms. The summed E-state index contributed by atoms with van der Waals surface area (Å²) in [7, 11) is 3.12. The van der Waals surface area contributed by atoms with Gasteiger partial charge >= 0.3 is 0 Å². The molecule has 1 N–H and O–H groups in total. The van der Waals surface area contributed by atoms with Crippen LogP contribution in [-0.4, -0.2) is 28.8 Å². The van der Waals surface area contributed by atoms with Crippen molar-refractivity contribution < 1.29 is 9.47 Å². The van der Waals surface area contributed by atoms with Crippen LogP contribution in [0.1, 0.15) is 23.6 Å². The maximum absolute atomic E-state index is 12.9. The minimum absolute atomic E-state index is 0.0654. The van der Waals surface area contributed by atoms with Gasteiger partial charge in [0, 0.05) is 36.7 Å². The van der Waals surface area contributed by atoms with Gasteiger partial charge in [0.25, 0.3) is 5.56 Å². The van der Waals surface area contributed by atoms with Crippen molar-refractivity contribution in [3.63, 3.8) is 0 Å². The van der Waals surface area contributed by atoms with Crippen LogP contribution in [0.3, 0.4) is 0 Å². The molecule has 3 aromatic rings. The molecule has 0 fully saturated rings. The Hall–Kier alpha value is -3.00. The van der Waals surface area contributed by atoms with Gasteiger partial charge in [-0.1, -0.05) is 29.8 Å². The molecule has 0 amide bonds. The highest BCUT2D eigenvalue weighted by Crippen LogP contribution is 2.27. The Morgan fingerprint density at radius 1 is 1.10 bits per heavy atom. The molecule has 0 aliphatic heterocycles. The Bertz CT molecular complexity index is 1050.